The van der Waals surface area contributed by atoms with Crippen molar-refractivity contribution in [2.75, 3.05) is 0 Å². The van der Waals surface area contributed by atoms with Crippen LogP contribution in [0, 0.1) is 17.3 Å². The van der Waals surface area contributed by atoms with E-state index in [1.165, 1.54) is 0 Å². The molecule has 0 aromatic heterocycles. The van der Waals surface area contributed by atoms with E-state index in [1.807, 2.05) is 27.7 Å². The molecule has 0 amide bonds. The molecule has 21 heavy (non-hydrogen) atoms. The molecule has 0 N–H and O–H groups in total. The first-order valence-corrected chi connectivity index (χ1v) is 8.44. The van der Waals surface area contributed by atoms with Crippen molar-refractivity contribution < 1.29 is 4.39 Å². The topological polar surface area (TPSA) is 0 Å². The minimum absolute atomic E-state index is 0.00523. The number of hydrogen-bond acceptors (Lipinski definition) is 0. The van der Waals surface area contributed by atoms with Gasteiger partial charge in [0.05, 0.1) is 0 Å². The van der Waals surface area contributed by atoms with Crippen LogP contribution in [0.1, 0.15) is 75.2 Å². The summed E-state index contributed by atoms with van der Waals surface area (Å²) < 4.78 is 13.9. The van der Waals surface area contributed by atoms with Gasteiger partial charge in [0.1, 0.15) is 5.83 Å². The third-order valence-corrected chi connectivity index (χ3v) is 2.91. The molecule has 0 heterocycles. The molecule has 0 radical (unpaired) electrons. The van der Waals surface area contributed by atoms with Gasteiger partial charge in [-0.25, -0.2) is 4.39 Å². The lowest BCUT2D eigenvalue weighted by molar-refractivity contribution is 0.352. The Morgan fingerprint density at radius 1 is 1.24 bits per heavy atom. The first-order chi connectivity index (χ1) is 9.69. The molecule has 0 fully saturated rings. The Hall–Kier alpha value is -0.850. The minimum atomic E-state index is -0.366. The highest BCUT2D eigenvalue weighted by atomic mass is 19.1. The molecule has 0 saturated heterocycles. The van der Waals surface area contributed by atoms with Gasteiger partial charge in [-0.05, 0) is 36.3 Å². The second-order valence-electron chi connectivity index (χ2n) is 6.69. The maximum atomic E-state index is 13.9. The molecule has 1 heteroatoms. The van der Waals surface area contributed by atoms with Crippen LogP contribution in [0.15, 0.2) is 35.7 Å². The predicted octanol–water partition coefficient (Wildman–Crippen LogP) is 7.49. The molecule has 0 spiro atoms. The Labute approximate surface area is 133 Å². The second-order valence-corrected chi connectivity index (χ2v) is 6.69. The van der Waals surface area contributed by atoms with Gasteiger partial charge in [0.2, 0.25) is 0 Å². The molecule has 0 saturated carbocycles. The average molecular weight is 297 g/mol. The first-order valence-electron chi connectivity index (χ1n) is 8.44. The number of hydrogen-bond donors (Lipinski definition) is 0. The molecule has 1 aliphatic rings. The third-order valence-electron chi connectivity index (χ3n) is 2.91. The van der Waals surface area contributed by atoms with Gasteiger partial charge < -0.3 is 0 Å². The van der Waals surface area contributed by atoms with Crippen LogP contribution in [0.3, 0.4) is 0 Å². The van der Waals surface area contributed by atoms with Crippen molar-refractivity contribution >= 4 is 0 Å². The first kappa shape index (κ1) is 22.4. The lowest BCUT2D eigenvalue weighted by Crippen LogP contribution is -2.10. The van der Waals surface area contributed by atoms with Crippen LogP contribution in [-0.2, 0) is 0 Å². The van der Waals surface area contributed by atoms with Gasteiger partial charge in [-0.2, -0.15) is 0 Å². The molecule has 0 aliphatic heterocycles. The van der Waals surface area contributed by atoms with Crippen molar-refractivity contribution in [1.82, 2.24) is 0 Å². The average Bonchev–Trinajstić information content (AvgIpc) is 2.42. The van der Waals surface area contributed by atoms with Crippen LogP contribution in [0.25, 0.3) is 0 Å². The van der Waals surface area contributed by atoms with Gasteiger partial charge in [-0.3, -0.25) is 0 Å². The van der Waals surface area contributed by atoms with E-state index in [2.05, 4.69) is 52.8 Å². The number of allylic oxidation sites excluding steroid dienone is 6. The molecule has 0 aromatic rings. The Kier molecular flexibility index (Phi) is 12.6. The van der Waals surface area contributed by atoms with Crippen LogP contribution in [0.4, 0.5) is 4.39 Å². The van der Waals surface area contributed by atoms with E-state index >= 15 is 0 Å². The monoisotopic (exact) mass is 296 g/mol. The summed E-state index contributed by atoms with van der Waals surface area (Å²) in [6, 6.07) is 0. The van der Waals surface area contributed by atoms with Crippen molar-refractivity contribution in [3.63, 3.8) is 0 Å². The lowest BCUT2D eigenvalue weighted by atomic mass is 9.87. The normalized spacial score (nSPS) is 25.6. The zero-order valence-corrected chi connectivity index (χ0v) is 15.8. The highest BCUT2D eigenvalue weighted by Crippen LogP contribution is 2.34. The van der Waals surface area contributed by atoms with Crippen LogP contribution >= 0.6 is 0 Å². The van der Waals surface area contributed by atoms with Crippen LogP contribution in [0.5, 0.6) is 0 Å². The maximum absolute atomic E-state index is 13.9. The Bertz CT molecular complexity index is 340. The molecule has 124 valence electrons. The van der Waals surface area contributed by atoms with E-state index in [1.54, 1.807) is 6.08 Å². The summed E-state index contributed by atoms with van der Waals surface area (Å²) in [4.78, 5) is 0. The molecule has 0 aromatic carbocycles. The van der Waals surface area contributed by atoms with E-state index < -0.39 is 0 Å². The fourth-order valence-corrected chi connectivity index (χ4v) is 1.69. The molecular weight excluding hydrogens is 259 g/mol. The van der Waals surface area contributed by atoms with E-state index in [0.717, 1.165) is 24.3 Å². The van der Waals surface area contributed by atoms with Gasteiger partial charge in [-0.15, -0.1) is 0 Å². The van der Waals surface area contributed by atoms with Crippen molar-refractivity contribution in [2.24, 2.45) is 17.3 Å². The van der Waals surface area contributed by atoms with Gasteiger partial charge in [0, 0.05) is 5.41 Å². The molecule has 0 nitrogen and oxygen atoms in total. The number of rotatable bonds is 1. The lowest BCUT2D eigenvalue weighted by Gasteiger charge is -2.20. The summed E-state index contributed by atoms with van der Waals surface area (Å²) in [7, 11) is 0. The van der Waals surface area contributed by atoms with Gasteiger partial charge in [0.15, 0.2) is 0 Å². The minimum Gasteiger partial charge on any atom is -0.211 e. The smallest absolute Gasteiger partial charge is 0.106 e. The summed E-state index contributed by atoms with van der Waals surface area (Å²) in [6.07, 6.45) is 9.75. The summed E-state index contributed by atoms with van der Waals surface area (Å²) in [5.41, 5.74) is 0.731. The van der Waals surface area contributed by atoms with E-state index in [9.17, 15) is 4.39 Å². The summed E-state index contributed by atoms with van der Waals surface area (Å²) in [5.74, 6) is 1.23. The van der Waals surface area contributed by atoms with Crippen LogP contribution < -0.4 is 0 Å². The van der Waals surface area contributed by atoms with E-state index in [-0.39, 0.29) is 11.2 Å². The molecule has 1 unspecified atom stereocenters. The van der Waals surface area contributed by atoms with Crippen molar-refractivity contribution in [3.8, 4) is 0 Å². The van der Waals surface area contributed by atoms with Gasteiger partial charge >= 0.3 is 0 Å². The van der Waals surface area contributed by atoms with E-state index in [4.69, 9.17) is 0 Å². The number of halogens is 1. The van der Waals surface area contributed by atoms with Gasteiger partial charge in [-0.1, -0.05) is 80.5 Å². The highest BCUT2D eigenvalue weighted by Gasteiger charge is 2.23. The molecule has 1 rings (SSSR count). The molecule has 0 bridgehead atoms. The molecule has 1 atom stereocenters. The molecular formula is C20H37F. The van der Waals surface area contributed by atoms with Crippen LogP contribution in [-0.4, -0.2) is 0 Å². The second kappa shape index (κ2) is 11.8. The highest BCUT2D eigenvalue weighted by molar-refractivity contribution is 5.26. The standard InChI is InChI=1S/C14H21F.C4H10.C2H6/c1-5-12-9-11(2)7-6-8-14(3,4)13(15)10-12;1-4(2)3;1-2/h6-7,9-11H,5,8H2,1-4H3;4H,1-3H3;1-2H3/b7-6?,12-9-,13-10+;;. The predicted molar refractivity (Wildman–Crippen MR) is 96.1 cm³/mol. The zero-order chi connectivity index (χ0) is 17.1. The third kappa shape index (κ3) is 11.5. The largest absolute Gasteiger partial charge is 0.211 e. The van der Waals surface area contributed by atoms with Crippen LogP contribution in [0.2, 0.25) is 0 Å². The summed E-state index contributed by atoms with van der Waals surface area (Å²) in [5, 5.41) is 0. The maximum Gasteiger partial charge on any atom is 0.106 e. The fourth-order valence-electron chi connectivity index (χ4n) is 1.69. The SMILES string of the molecule is CC.CC(C)C.CCC1=C/C(C)C=CCC(C)(C)/C(F)=C\1. The van der Waals surface area contributed by atoms with Gasteiger partial charge in [0.25, 0.3) is 0 Å². The summed E-state index contributed by atoms with van der Waals surface area (Å²) in [6.45, 7) is 18.6. The Morgan fingerprint density at radius 2 is 1.71 bits per heavy atom. The zero-order valence-electron chi connectivity index (χ0n) is 15.8. The quantitative estimate of drug-likeness (QED) is 0.440. The Balaban J connectivity index is 0. The van der Waals surface area contributed by atoms with E-state index in [0.29, 0.717) is 5.92 Å². The van der Waals surface area contributed by atoms with Crippen molar-refractivity contribution in [3.05, 3.63) is 35.7 Å². The Morgan fingerprint density at radius 3 is 2.14 bits per heavy atom. The fraction of sp³-hybridized carbons (Fsp3) is 0.700. The molecule has 1 aliphatic carbocycles. The van der Waals surface area contributed by atoms with Crippen molar-refractivity contribution in [1.29, 1.82) is 0 Å². The van der Waals surface area contributed by atoms with Crippen molar-refractivity contribution in [2.45, 2.75) is 75.2 Å². The summed E-state index contributed by atoms with van der Waals surface area (Å²) >= 11 is 0.